The number of nitrogens with one attached hydrogen (secondary N) is 2. The first kappa shape index (κ1) is 20.4. The van der Waals surface area contributed by atoms with Crippen molar-refractivity contribution in [2.75, 3.05) is 10.6 Å². The highest BCUT2D eigenvalue weighted by atomic mass is 79.9. The molecule has 9 heteroatoms. The first-order chi connectivity index (χ1) is 12.8. The summed E-state index contributed by atoms with van der Waals surface area (Å²) in [5.41, 5.74) is 2.72. The van der Waals surface area contributed by atoms with E-state index < -0.39 is 0 Å². The van der Waals surface area contributed by atoms with Gasteiger partial charge in [-0.2, -0.15) is 5.10 Å². The minimum atomic E-state index is 0.408. The van der Waals surface area contributed by atoms with E-state index in [4.69, 9.17) is 47.0 Å². The first-order valence-corrected chi connectivity index (χ1v) is 10.2. The molecule has 0 fully saturated rings. The van der Waals surface area contributed by atoms with Crippen molar-refractivity contribution in [3.05, 3.63) is 73.3 Å². The van der Waals surface area contributed by atoms with Gasteiger partial charge in [-0.25, -0.2) is 0 Å². The molecular weight excluding hydrogens is 491 g/mol. The molecule has 0 bridgehead atoms. The molecule has 4 nitrogen and oxygen atoms in total. The third-order valence-corrected chi connectivity index (χ3v) is 5.50. The number of anilines is 2. The minimum Gasteiger partial charge on any atom is -0.332 e. The Labute approximate surface area is 185 Å². The summed E-state index contributed by atoms with van der Waals surface area (Å²) in [5, 5.41) is 12.9. The van der Waals surface area contributed by atoms with E-state index in [0.29, 0.717) is 32.5 Å². The van der Waals surface area contributed by atoms with Crippen LogP contribution in [0.4, 0.5) is 11.5 Å². The summed E-state index contributed by atoms with van der Waals surface area (Å²) in [6.45, 7) is 2.45. The van der Waals surface area contributed by atoms with Crippen molar-refractivity contribution in [2.24, 2.45) is 0 Å². The first-order valence-electron chi connectivity index (χ1n) is 7.83. The van der Waals surface area contributed by atoms with E-state index in [2.05, 4.69) is 31.7 Å². The Morgan fingerprint density at radius 3 is 2.59 bits per heavy atom. The average Bonchev–Trinajstić information content (AvgIpc) is 2.93. The highest BCUT2D eigenvalue weighted by Crippen LogP contribution is 2.25. The number of thiocarbonyl (C=S) groups is 1. The van der Waals surface area contributed by atoms with Crippen LogP contribution in [0.15, 0.2) is 47.1 Å². The Morgan fingerprint density at radius 1 is 1.11 bits per heavy atom. The molecule has 0 saturated carbocycles. The molecule has 3 rings (SSSR count). The standard InChI is InChI=1S/C18H14BrCl3N4S/c1-10-2-5-13(7-15(10)21)23-18(27)24-17-14(19)9-26(25-17)8-11-3-4-12(20)6-16(11)22/h2-7,9H,8H2,1H3,(H2,23,24,25,27). The summed E-state index contributed by atoms with van der Waals surface area (Å²) in [7, 11) is 0. The summed E-state index contributed by atoms with van der Waals surface area (Å²) in [6.07, 6.45) is 1.85. The van der Waals surface area contributed by atoms with Gasteiger partial charge in [0, 0.05) is 27.0 Å². The van der Waals surface area contributed by atoms with E-state index in [1.807, 2.05) is 37.4 Å². The summed E-state index contributed by atoms with van der Waals surface area (Å²) in [4.78, 5) is 0. The maximum atomic E-state index is 6.23. The van der Waals surface area contributed by atoms with Crippen LogP contribution >= 0.6 is 63.0 Å². The van der Waals surface area contributed by atoms with Crippen molar-refractivity contribution in [2.45, 2.75) is 13.5 Å². The molecule has 3 aromatic rings. The largest absolute Gasteiger partial charge is 0.332 e. The minimum absolute atomic E-state index is 0.408. The van der Waals surface area contributed by atoms with Crippen LogP contribution < -0.4 is 10.6 Å². The van der Waals surface area contributed by atoms with E-state index in [1.165, 1.54) is 0 Å². The monoisotopic (exact) mass is 502 g/mol. The van der Waals surface area contributed by atoms with Crippen molar-refractivity contribution < 1.29 is 0 Å². The lowest BCUT2D eigenvalue weighted by molar-refractivity contribution is 0.690. The lowest BCUT2D eigenvalue weighted by atomic mass is 10.2. The van der Waals surface area contributed by atoms with Crippen LogP contribution in [-0.2, 0) is 6.54 Å². The van der Waals surface area contributed by atoms with Gasteiger partial charge in [0.25, 0.3) is 0 Å². The zero-order chi connectivity index (χ0) is 19.6. The van der Waals surface area contributed by atoms with Crippen LogP contribution in [0.3, 0.4) is 0 Å². The number of nitrogens with zero attached hydrogens (tertiary/aromatic N) is 2. The number of aromatic nitrogens is 2. The predicted octanol–water partition coefficient (Wildman–Crippen LogP) is 6.77. The molecule has 0 spiro atoms. The summed E-state index contributed by atoms with van der Waals surface area (Å²) in [5.74, 6) is 0.593. The number of rotatable bonds is 4. The molecule has 0 aliphatic rings. The van der Waals surface area contributed by atoms with Crippen molar-refractivity contribution >= 4 is 79.6 Å². The fourth-order valence-corrected chi connectivity index (χ4v) is 3.61. The molecule has 2 N–H and O–H groups in total. The van der Waals surface area contributed by atoms with Gasteiger partial charge in [0.15, 0.2) is 10.9 Å². The molecule has 0 amide bonds. The van der Waals surface area contributed by atoms with Gasteiger partial charge in [-0.15, -0.1) is 0 Å². The molecule has 0 radical (unpaired) electrons. The smallest absolute Gasteiger partial charge is 0.176 e. The average molecular weight is 505 g/mol. The van der Waals surface area contributed by atoms with Gasteiger partial charge < -0.3 is 10.6 Å². The molecular formula is C18H14BrCl3N4S. The van der Waals surface area contributed by atoms with E-state index in [-0.39, 0.29) is 0 Å². The van der Waals surface area contributed by atoms with Crippen LogP contribution in [0.2, 0.25) is 15.1 Å². The van der Waals surface area contributed by atoms with Gasteiger partial charge in [-0.1, -0.05) is 46.9 Å². The Kier molecular flexibility index (Phi) is 6.65. The van der Waals surface area contributed by atoms with E-state index in [1.54, 1.807) is 16.8 Å². The normalized spacial score (nSPS) is 10.7. The van der Waals surface area contributed by atoms with Crippen LogP contribution in [-0.4, -0.2) is 14.9 Å². The maximum absolute atomic E-state index is 6.23. The van der Waals surface area contributed by atoms with Crippen LogP contribution in [0.1, 0.15) is 11.1 Å². The van der Waals surface area contributed by atoms with Crippen LogP contribution in [0, 0.1) is 6.92 Å². The molecule has 0 unspecified atom stereocenters. The molecule has 0 atom stereocenters. The molecule has 2 aromatic carbocycles. The molecule has 0 aliphatic heterocycles. The van der Waals surface area contributed by atoms with Gasteiger partial charge in [-0.05, 0) is 70.5 Å². The van der Waals surface area contributed by atoms with Crippen molar-refractivity contribution in [1.29, 1.82) is 0 Å². The fourth-order valence-electron chi connectivity index (χ4n) is 2.33. The Hall–Kier alpha value is -1.31. The third kappa shape index (κ3) is 5.36. The van der Waals surface area contributed by atoms with E-state index >= 15 is 0 Å². The second-order valence-corrected chi connectivity index (χ2v) is 8.32. The van der Waals surface area contributed by atoms with E-state index in [9.17, 15) is 0 Å². The topological polar surface area (TPSA) is 41.9 Å². The third-order valence-electron chi connectivity index (χ3n) is 3.73. The van der Waals surface area contributed by atoms with Gasteiger partial charge in [-0.3, -0.25) is 4.68 Å². The van der Waals surface area contributed by atoms with Crippen molar-refractivity contribution in [3.63, 3.8) is 0 Å². The molecule has 1 aromatic heterocycles. The van der Waals surface area contributed by atoms with Crippen molar-refractivity contribution in [1.82, 2.24) is 9.78 Å². The summed E-state index contributed by atoms with van der Waals surface area (Å²) in [6, 6.07) is 11.0. The number of halogens is 4. The lowest BCUT2D eigenvalue weighted by Crippen LogP contribution is -2.19. The Balaban J connectivity index is 1.68. The number of aryl methyl sites for hydroxylation is 1. The lowest BCUT2D eigenvalue weighted by Gasteiger charge is -2.10. The molecule has 27 heavy (non-hydrogen) atoms. The van der Waals surface area contributed by atoms with E-state index in [0.717, 1.165) is 21.3 Å². The van der Waals surface area contributed by atoms with Gasteiger partial charge in [0.05, 0.1) is 11.0 Å². The second-order valence-electron chi connectivity index (χ2n) is 5.80. The molecule has 1 heterocycles. The van der Waals surface area contributed by atoms with Crippen LogP contribution in [0.5, 0.6) is 0 Å². The fraction of sp³-hybridized carbons (Fsp3) is 0.111. The van der Waals surface area contributed by atoms with Gasteiger partial charge in [0.2, 0.25) is 0 Å². The quantitative estimate of drug-likeness (QED) is 0.385. The van der Waals surface area contributed by atoms with Crippen molar-refractivity contribution in [3.8, 4) is 0 Å². The zero-order valence-electron chi connectivity index (χ0n) is 14.1. The van der Waals surface area contributed by atoms with Crippen LogP contribution in [0.25, 0.3) is 0 Å². The maximum Gasteiger partial charge on any atom is 0.176 e. The van der Waals surface area contributed by atoms with Gasteiger partial charge in [0.1, 0.15) is 0 Å². The molecule has 0 aliphatic carbocycles. The summed E-state index contributed by atoms with van der Waals surface area (Å²) < 4.78 is 2.53. The Bertz CT molecular complexity index is 1010. The Morgan fingerprint density at radius 2 is 1.89 bits per heavy atom. The highest BCUT2D eigenvalue weighted by molar-refractivity contribution is 9.10. The number of hydrogen-bond donors (Lipinski definition) is 2. The SMILES string of the molecule is Cc1ccc(NC(=S)Nc2nn(Cc3ccc(Cl)cc3Cl)cc2Br)cc1Cl. The molecule has 140 valence electrons. The number of hydrogen-bond acceptors (Lipinski definition) is 2. The second kappa shape index (κ2) is 8.80. The summed E-state index contributed by atoms with van der Waals surface area (Å²) >= 11 is 27.2. The highest BCUT2D eigenvalue weighted by Gasteiger charge is 2.10. The zero-order valence-corrected chi connectivity index (χ0v) is 18.7. The van der Waals surface area contributed by atoms with Gasteiger partial charge >= 0.3 is 0 Å². The molecule has 0 saturated heterocycles. The number of benzene rings is 2. The predicted molar refractivity (Wildman–Crippen MR) is 122 cm³/mol.